The molecule has 0 heterocycles. The van der Waals surface area contributed by atoms with Crippen LogP contribution in [0.5, 0.6) is 0 Å². The number of thioether (sulfide) groups is 1. The van der Waals surface area contributed by atoms with Crippen LogP contribution < -0.4 is 5.32 Å². The van der Waals surface area contributed by atoms with Crippen LogP contribution in [0.25, 0.3) is 0 Å². The topological polar surface area (TPSA) is 12.0 Å². The first-order valence-electron chi connectivity index (χ1n) is 7.15. The molecule has 0 radical (unpaired) electrons. The van der Waals surface area contributed by atoms with Crippen LogP contribution in [0.15, 0.2) is 24.3 Å². The fraction of sp³-hybridized carbons (Fsp3) is 0.625. The summed E-state index contributed by atoms with van der Waals surface area (Å²) in [6, 6.07) is 9.90. The zero-order chi connectivity index (χ0) is 13.0. The molecule has 0 amide bonds. The summed E-state index contributed by atoms with van der Waals surface area (Å²) in [4.78, 5) is 0. The Morgan fingerprint density at radius 3 is 2.83 bits per heavy atom. The van der Waals surface area contributed by atoms with Crippen LogP contribution in [0, 0.1) is 6.92 Å². The van der Waals surface area contributed by atoms with Crippen molar-refractivity contribution in [1.29, 1.82) is 0 Å². The second-order valence-electron chi connectivity index (χ2n) is 5.28. The van der Waals surface area contributed by atoms with Crippen molar-refractivity contribution in [3.05, 3.63) is 35.4 Å². The van der Waals surface area contributed by atoms with E-state index in [4.69, 9.17) is 0 Å². The smallest absolute Gasteiger partial charge is 0.0297 e. The Bertz CT molecular complexity index is 377. The highest BCUT2D eigenvalue weighted by molar-refractivity contribution is 7.99. The van der Waals surface area contributed by atoms with E-state index in [-0.39, 0.29) is 0 Å². The molecule has 2 rings (SSSR count). The van der Waals surface area contributed by atoms with E-state index in [0.717, 1.165) is 5.25 Å². The molecule has 3 atom stereocenters. The molecule has 100 valence electrons. The number of hydrogen-bond donors (Lipinski definition) is 1. The summed E-state index contributed by atoms with van der Waals surface area (Å²) in [6.07, 6.45) is 4.11. The minimum absolute atomic E-state index is 0.467. The van der Waals surface area contributed by atoms with Gasteiger partial charge >= 0.3 is 0 Å². The second-order valence-corrected chi connectivity index (χ2v) is 6.79. The predicted molar refractivity (Wildman–Crippen MR) is 82.3 cm³/mol. The molecule has 0 bridgehead atoms. The van der Waals surface area contributed by atoms with Gasteiger partial charge in [0.15, 0.2) is 0 Å². The van der Waals surface area contributed by atoms with Crippen molar-refractivity contribution in [2.75, 3.05) is 5.75 Å². The molecule has 2 heteroatoms. The monoisotopic (exact) mass is 263 g/mol. The first-order chi connectivity index (χ1) is 8.72. The van der Waals surface area contributed by atoms with Gasteiger partial charge in [-0.1, -0.05) is 37.6 Å². The maximum absolute atomic E-state index is 3.85. The molecule has 0 aliphatic heterocycles. The largest absolute Gasteiger partial charge is 0.306 e. The molecule has 1 aliphatic carbocycles. The lowest BCUT2D eigenvalue weighted by molar-refractivity contribution is 0.466. The van der Waals surface area contributed by atoms with Crippen molar-refractivity contribution in [2.45, 2.75) is 57.4 Å². The molecular weight excluding hydrogens is 238 g/mol. The van der Waals surface area contributed by atoms with Crippen LogP contribution in [0.2, 0.25) is 0 Å². The second kappa shape index (κ2) is 6.63. The van der Waals surface area contributed by atoms with E-state index < -0.39 is 0 Å². The summed E-state index contributed by atoms with van der Waals surface area (Å²) in [5, 5.41) is 4.67. The van der Waals surface area contributed by atoms with Crippen molar-refractivity contribution >= 4 is 11.8 Å². The van der Waals surface area contributed by atoms with Crippen molar-refractivity contribution in [1.82, 2.24) is 5.32 Å². The molecule has 1 aliphatic rings. The molecule has 1 aromatic rings. The highest BCUT2D eigenvalue weighted by Gasteiger charge is 2.28. The van der Waals surface area contributed by atoms with Gasteiger partial charge in [-0.15, -0.1) is 0 Å². The Hall–Kier alpha value is -0.470. The Balaban J connectivity index is 1.98. The standard InChI is InChI=1S/C16H25NS/c1-4-18-16-11-7-10-15(16)17-13(3)14-9-6-5-8-12(14)2/h5-6,8-9,13,15-17H,4,7,10-11H2,1-3H3. The first kappa shape index (κ1) is 14.0. The van der Waals surface area contributed by atoms with E-state index >= 15 is 0 Å². The summed E-state index contributed by atoms with van der Waals surface area (Å²) in [5.41, 5.74) is 2.85. The van der Waals surface area contributed by atoms with Gasteiger partial charge in [-0.05, 0) is 43.6 Å². The third kappa shape index (κ3) is 3.30. The van der Waals surface area contributed by atoms with Gasteiger partial charge in [-0.2, -0.15) is 11.8 Å². The molecule has 1 nitrogen and oxygen atoms in total. The number of benzene rings is 1. The van der Waals surface area contributed by atoms with Gasteiger partial charge in [0, 0.05) is 17.3 Å². The Labute approximate surface area is 116 Å². The third-order valence-corrected chi connectivity index (χ3v) is 5.28. The molecule has 0 spiro atoms. The zero-order valence-corrected chi connectivity index (χ0v) is 12.6. The van der Waals surface area contributed by atoms with Crippen LogP contribution in [-0.2, 0) is 0 Å². The van der Waals surface area contributed by atoms with Crippen LogP contribution in [0.1, 0.15) is 50.3 Å². The average molecular weight is 263 g/mol. The van der Waals surface area contributed by atoms with Crippen LogP contribution >= 0.6 is 11.8 Å². The molecule has 1 N–H and O–H groups in total. The minimum atomic E-state index is 0.467. The van der Waals surface area contributed by atoms with Gasteiger partial charge in [0.1, 0.15) is 0 Å². The molecule has 0 saturated heterocycles. The lowest BCUT2D eigenvalue weighted by Gasteiger charge is -2.25. The van der Waals surface area contributed by atoms with E-state index in [9.17, 15) is 0 Å². The molecular formula is C16H25NS. The quantitative estimate of drug-likeness (QED) is 0.849. The van der Waals surface area contributed by atoms with Crippen LogP contribution in [0.3, 0.4) is 0 Å². The average Bonchev–Trinajstić information content (AvgIpc) is 2.78. The van der Waals surface area contributed by atoms with Gasteiger partial charge < -0.3 is 5.32 Å². The first-order valence-corrected chi connectivity index (χ1v) is 8.20. The van der Waals surface area contributed by atoms with Gasteiger partial charge in [-0.25, -0.2) is 0 Å². The summed E-state index contributed by atoms with van der Waals surface area (Å²) in [5.74, 6) is 1.24. The van der Waals surface area contributed by atoms with Crippen LogP contribution in [-0.4, -0.2) is 17.0 Å². The molecule has 0 aromatic heterocycles. The summed E-state index contributed by atoms with van der Waals surface area (Å²) < 4.78 is 0. The van der Waals surface area contributed by atoms with Crippen LogP contribution in [0.4, 0.5) is 0 Å². The fourth-order valence-corrected chi connectivity index (χ4v) is 4.22. The third-order valence-electron chi connectivity index (χ3n) is 3.95. The predicted octanol–water partition coefficient (Wildman–Crippen LogP) is 4.32. The summed E-state index contributed by atoms with van der Waals surface area (Å²) >= 11 is 2.13. The summed E-state index contributed by atoms with van der Waals surface area (Å²) in [6.45, 7) is 6.78. The number of rotatable bonds is 5. The van der Waals surface area contributed by atoms with Gasteiger partial charge in [0.25, 0.3) is 0 Å². The molecule has 18 heavy (non-hydrogen) atoms. The van der Waals surface area contributed by atoms with Crippen molar-refractivity contribution in [2.24, 2.45) is 0 Å². The SMILES string of the molecule is CCSC1CCCC1NC(C)c1ccccc1C. The van der Waals surface area contributed by atoms with Crippen molar-refractivity contribution in [3.8, 4) is 0 Å². The number of aryl methyl sites for hydroxylation is 1. The van der Waals surface area contributed by atoms with E-state index in [1.807, 2.05) is 0 Å². The van der Waals surface area contributed by atoms with E-state index in [1.165, 1.54) is 36.1 Å². The normalized spacial score (nSPS) is 25.3. The zero-order valence-electron chi connectivity index (χ0n) is 11.8. The molecule has 1 saturated carbocycles. The van der Waals surface area contributed by atoms with Gasteiger partial charge in [0.05, 0.1) is 0 Å². The Kier molecular flexibility index (Phi) is 5.13. The highest BCUT2D eigenvalue weighted by Crippen LogP contribution is 2.31. The summed E-state index contributed by atoms with van der Waals surface area (Å²) in [7, 11) is 0. The number of nitrogens with one attached hydrogen (secondary N) is 1. The lowest BCUT2D eigenvalue weighted by atomic mass is 10.0. The minimum Gasteiger partial charge on any atom is -0.306 e. The maximum atomic E-state index is 3.85. The molecule has 1 aromatic carbocycles. The molecule has 3 unspecified atom stereocenters. The van der Waals surface area contributed by atoms with Gasteiger partial charge in [0.2, 0.25) is 0 Å². The van der Waals surface area contributed by atoms with Crippen molar-refractivity contribution in [3.63, 3.8) is 0 Å². The van der Waals surface area contributed by atoms with E-state index in [1.54, 1.807) is 0 Å². The van der Waals surface area contributed by atoms with E-state index in [2.05, 4.69) is 62.1 Å². The van der Waals surface area contributed by atoms with Gasteiger partial charge in [-0.3, -0.25) is 0 Å². The molecule has 1 fully saturated rings. The number of hydrogen-bond acceptors (Lipinski definition) is 2. The Morgan fingerprint density at radius 1 is 1.33 bits per heavy atom. The highest BCUT2D eigenvalue weighted by atomic mass is 32.2. The van der Waals surface area contributed by atoms with E-state index in [0.29, 0.717) is 12.1 Å². The Morgan fingerprint density at radius 2 is 2.11 bits per heavy atom. The lowest BCUT2D eigenvalue weighted by Crippen LogP contribution is -2.36. The fourth-order valence-electron chi connectivity index (χ4n) is 3.01. The maximum Gasteiger partial charge on any atom is 0.0297 e. The van der Waals surface area contributed by atoms with Crippen molar-refractivity contribution < 1.29 is 0 Å².